The van der Waals surface area contributed by atoms with Gasteiger partial charge in [-0.25, -0.2) is 0 Å². The second-order valence-electron chi connectivity index (χ2n) is 2.63. The SMILES string of the molecule is CC/C=C\CN/C=C(/C)CC. The fourth-order valence-electron chi connectivity index (χ4n) is 0.653. The van der Waals surface area contributed by atoms with Crippen LogP contribution in [-0.4, -0.2) is 6.54 Å². The number of allylic oxidation sites excluding steroid dienone is 2. The van der Waals surface area contributed by atoms with E-state index in [-0.39, 0.29) is 0 Å². The summed E-state index contributed by atoms with van der Waals surface area (Å²) in [7, 11) is 0. The zero-order chi connectivity index (χ0) is 8.53. The highest BCUT2D eigenvalue weighted by Crippen LogP contribution is 1.94. The maximum atomic E-state index is 3.22. The Bertz CT molecular complexity index is 134. The zero-order valence-electron chi connectivity index (χ0n) is 7.85. The van der Waals surface area contributed by atoms with Gasteiger partial charge in [-0.05, 0) is 26.0 Å². The van der Waals surface area contributed by atoms with Gasteiger partial charge in [-0.15, -0.1) is 0 Å². The van der Waals surface area contributed by atoms with Gasteiger partial charge in [-0.3, -0.25) is 0 Å². The van der Waals surface area contributed by atoms with Crippen LogP contribution in [0.15, 0.2) is 23.9 Å². The van der Waals surface area contributed by atoms with E-state index in [2.05, 4.69) is 44.4 Å². The van der Waals surface area contributed by atoms with E-state index >= 15 is 0 Å². The van der Waals surface area contributed by atoms with Crippen molar-refractivity contribution in [2.45, 2.75) is 33.6 Å². The highest BCUT2D eigenvalue weighted by atomic mass is 14.8. The molecule has 1 heteroatoms. The fraction of sp³-hybridized carbons (Fsp3) is 0.600. The molecule has 0 atom stereocenters. The molecule has 1 nitrogen and oxygen atoms in total. The summed E-state index contributed by atoms with van der Waals surface area (Å²) in [5.41, 5.74) is 1.40. The quantitative estimate of drug-likeness (QED) is 0.473. The largest absolute Gasteiger partial charge is 0.387 e. The minimum atomic E-state index is 0.950. The molecule has 0 aliphatic carbocycles. The molecule has 1 N–H and O–H groups in total. The predicted molar refractivity (Wildman–Crippen MR) is 51.5 cm³/mol. The molecule has 0 aliphatic rings. The predicted octanol–water partition coefficient (Wildman–Crippen LogP) is 2.86. The molecule has 0 bridgehead atoms. The lowest BCUT2D eigenvalue weighted by Gasteiger charge is -1.96. The van der Waals surface area contributed by atoms with Crippen LogP contribution in [0.25, 0.3) is 0 Å². The third kappa shape index (κ3) is 7.17. The van der Waals surface area contributed by atoms with Crippen molar-refractivity contribution in [3.8, 4) is 0 Å². The average Bonchev–Trinajstić information content (AvgIpc) is 2.04. The molecule has 0 amide bonds. The van der Waals surface area contributed by atoms with Crippen molar-refractivity contribution in [2.24, 2.45) is 0 Å². The molecule has 0 rings (SSSR count). The van der Waals surface area contributed by atoms with Gasteiger partial charge in [0.15, 0.2) is 0 Å². The number of hydrogen-bond acceptors (Lipinski definition) is 1. The Morgan fingerprint density at radius 3 is 2.55 bits per heavy atom. The lowest BCUT2D eigenvalue weighted by molar-refractivity contribution is 0.940. The van der Waals surface area contributed by atoms with Gasteiger partial charge in [0, 0.05) is 6.54 Å². The van der Waals surface area contributed by atoms with Crippen molar-refractivity contribution >= 4 is 0 Å². The summed E-state index contributed by atoms with van der Waals surface area (Å²) in [4.78, 5) is 0. The molecular weight excluding hydrogens is 134 g/mol. The maximum absolute atomic E-state index is 3.22. The first-order valence-corrected chi connectivity index (χ1v) is 4.35. The highest BCUT2D eigenvalue weighted by molar-refractivity contribution is 4.96. The van der Waals surface area contributed by atoms with Crippen LogP contribution in [0, 0.1) is 0 Å². The summed E-state index contributed by atoms with van der Waals surface area (Å²) in [6.07, 6.45) is 8.66. The van der Waals surface area contributed by atoms with Gasteiger partial charge < -0.3 is 5.32 Å². The van der Waals surface area contributed by atoms with Crippen LogP contribution in [0.4, 0.5) is 0 Å². The summed E-state index contributed by atoms with van der Waals surface area (Å²) >= 11 is 0. The lowest BCUT2D eigenvalue weighted by Crippen LogP contribution is -2.04. The van der Waals surface area contributed by atoms with Crippen molar-refractivity contribution in [3.63, 3.8) is 0 Å². The van der Waals surface area contributed by atoms with Crippen molar-refractivity contribution in [2.75, 3.05) is 6.54 Å². The van der Waals surface area contributed by atoms with Crippen molar-refractivity contribution < 1.29 is 0 Å². The van der Waals surface area contributed by atoms with Gasteiger partial charge in [0.05, 0.1) is 0 Å². The third-order valence-corrected chi connectivity index (χ3v) is 1.54. The Morgan fingerprint density at radius 2 is 2.00 bits per heavy atom. The van der Waals surface area contributed by atoms with E-state index in [1.807, 2.05) is 0 Å². The molecule has 0 fully saturated rings. The molecule has 64 valence electrons. The Balaban J connectivity index is 3.33. The molecule has 0 spiro atoms. The molecule has 0 heterocycles. The Labute approximate surface area is 70.2 Å². The maximum Gasteiger partial charge on any atom is 0.0325 e. The summed E-state index contributed by atoms with van der Waals surface area (Å²) in [5.74, 6) is 0. The lowest BCUT2D eigenvalue weighted by atomic mass is 10.2. The Morgan fingerprint density at radius 1 is 1.27 bits per heavy atom. The van der Waals surface area contributed by atoms with Crippen LogP contribution >= 0.6 is 0 Å². The van der Waals surface area contributed by atoms with Crippen molar-refractivity contribution in [1.29, 1.82) is 0 Å². The molecule has 11 heavy (non-hydrogen) atoms. The van der Waals surface area contributed by atoms with Crippen LogP contribution in [-0.2, 0) is 0 Å². The topological polar surface area (TPSA) is 12.0 Å². The minimum Gasteiger partial charge on any atom is -0.387 e. The summed E-state index contributed by atoms with van der Waals surface area (Å²) in [6, 6.07) is 0. The van der Waals surface area contributed by atoms with E-state index < -0.39 is 0 Å². The Hall–Kier alpha value is -0.720. The van der Waals surface area contributed by atoms with Crippen LogP contribution in [0.2, 0.25) is 0 Å². The summed E-state index contributed by atoms with van der Waals surface area (Å²) in [5, 5.41) is 3.22. The third-order valence-electron chi connectivity index (χ3n) is 1.54. The van der Waals surface area contributed by atoms with Crippen LogP contribution in [0.5, 0.6) is 0 Å². The molecule has 0 radical (unpaired) electrons. The van der Waals surface area contributed by atoms with E-state index in [4.69, 9.17) is 0 Å². The fourth-order valence-corrected chi connectivity index (χ4v) is 0.653. The van der Waals surface area contributed by atoms with Crippen LogP contribution < -0.4 is 5.32 Å². The monoisotopic (exact) mass is 153 g/mol. The minimum absolute atomic E-state index is 0.950. The second kappa shape index (κ2) is 7.39. The molecule has 0 aromatic heterocycles. The summed E-state index contributed by atoms with van der Waals surface area (Å²) in [6.45, 7) is 7.39. The van der Waals surface area contributed by atoms with Gasteiger partial charge in [0.1, 0.15) is 0 Å². The van der Waals surface area contributed by atoms with Gasteiger partial charge in [0.25, 0.3) is 0 Å². The van der Waals surface area contributed by atoms with E-state index in [0.29, 0.717) is 0 Å². The molecule has 0 aliphatic heterocycles. The molecular formula is C10H19N. The molecule has 0 unspecified atom stereocenters. The zero-order valence-corrected chi connectivity index (χ0v) is 7.85. The van der Waals surface area contributed by atoms with Gasteiger partial charge in [-0.2, -0.15) is 0 Å². The first-order chi connectivity index (χ1) is 5.31. The van der Waals surface area contributed by atoms with Crippen LogP contribution in [0.3, 0.4) is 0 Å². The van der Waals surface area contributed by atoms with Gasteiger partial charge >= 0.3 is 0 Å². The molecule has 0 saturated carbocycles. The Kier molecular flexibility index (Phi) is 6.90. The standard InChI is InChI=1S/C10H19N/c1-4-6-7-8-11-9-10(3)5-2/h6-7,9,11H,4-5,8H2,1-3H3/b7-6-,10-9-. The van der Waals surface area contributed by atoms with Crippen molar-refractivity contribution in [1.82, 2.24) is 5.32 Å². The first kappa shape index (κ1) is 10.3. The number of nitrogens with one attached hydrogen (secondary N) is 1. The van der Waals surface area contributed by atoms with Crippen molar-refractivity contribution in [3.05, 3.63) is 23.9 Å². The number of rotatable bonds is 5. The summed E-state index contributed by atoms with van der Waals surface area (Å²) < 4.78 is 0. The van der Waals surface area contributed by atoms with E-state index in [1.54, 1.807) is 0 Å². The van der Waals surface area contributed by atoms with Gasteiger partial charge in [-0.1, -0.05) is 31.6 Å². The van der Waals surface area contributed by atoms with Gasteiger partial charge in [0.2, 0.25) is 0 Å². The average molecular weight is 153 g/mol. The molecule has 0 saturated heterocycles. The molecule has 0 aromatic carbocycles. The van der Waals surface area contributed by atoms with Crippen LogP contribution in [0.1, 0.15) is 33.6 Å². The smallest absolute Gasteiger partial charge is 0.0325 e. The highest BCUT2D eigenvalue weighted by Gasteiger charge is 1.79. The first-order valence-electron chi connectivity index (χ1n) is 4.35. The molecule has 0 aromatic rings. The van der Waals surface area contributed by atoms with E-state index in [9.17, 15) is 0 Å². The number of hydrogen-bond donors (Lipinski definition) is 1. The van der Waals surface area contributed by atoms with E-state index in [0.717, 1.165) is 19.4 Å². The van der Waals surface area contributed by atoms with E-state index in [1.165, 1.54) is 5.57 Å². The normalized spacial score (nSPS) is 12.5. The second-order valence-corrected chi connectivity index (χ2v) is 2.63.